The van der Waals surface area contributed by atoms with Crippen molar-refractivity contribution >= 4 is 5.91 Å². The Balaban J connectivity index is 2.05. The van der Waals surface area contributed by atoms with E-state index in [-0.39, 0.29) is 24.2 Å². The first-order valence-corrected chi connectivity index (χ1v) is 6.92. The summed E-state index contributed by atoms with van der Waals surface area (Å²) in [6.45, 7) is 5.68. The van der Waals surface area contributed by atoms with Crippen molar-refractivity contribution in [1.82, 2.24) is 15.1 Å². The number of halogens is 1. The van der Waals surface area contributed by atoms with Gasteiger partial charge < -0.3 is 5.32 Å². The van der Waals surface area contributed by atoms with Crippen LogP contribution in [0, 0.1) is 19.7 Å². The van der Waals surface area contributed by atoms with Crippen LogP contribution in [0.15, 0.2) is 24.3 Å². The minimum Gasteiger partial charge on any atom is -0.349 e. The molecule has 0 saturated carbocycles. The lowest BCUT2D eigenvalue weighted by Crippen LogP contribution is -2.28. The molecule has 0 saturated heterocycles. The fourth-order valence-electron chi connectivity index (χ4n) is 2.39. The molecule has 5 heteroatoms. The number of carbonyl (C=O) groups is 1. The summed E-state index contributed by atoms with van der Waals surface area (Å²) in [4.78, 5) is 12.2. The molecule has 0 radical (unpaired) electrons. The number of carbonyl (C=O) groups excluding carboxylic acids is 1. The molecule has 4 nitrogen and oxygen atoms in total. The Morgan fingerprint density at radius 1 is 1.43 bits per heavy atom. The van der Waals surface area contributed by atoms with Gasteiger partial charge in [0, 0.05) is 18.3 Å². The molecule has 1 atom stereocenters. The molecule has 1 amide bonds. The molecule has 1 aromatic carbocycles. The number of nitrogens with one attached hydrogen (secondary N) is 1. The second kappa shape index (κ2) is 6.08. The molecule has 21 heavy (non-hydrogen) atoms. The standard InChI is InChI=1S/C16H20FN3O/c1-10(13-6-5-7-14(17)8-13)18-16(21)9-15-11(2)19-20(4)12(15)3/h5-8,10H,9H2,1-4H3,(H,18,21)/t10-/m0/s1. The van der Waals surface area contributed by atoms with E-state index in [0.717, 1.165) is 22.5 Å². The van der Waals surface area contributed by atoms with Gasteiger partial charge in [0.15, 0.2) is 0 Å². The smallest absolute Gasteiger partial charge is 0.225 e. The lowest BCUT2D eigenvalue weighted by Gasteiger charge is -2.14. The van der Waals surface area contributed by atoms with E-state index in [1.54, 1.807) is 16.8 Å². The monoisotopic (exact) mass is 289 g/mol. The number of hydrogen-bond acceptors (Lipinski definition) is 2. The molecule has 0 aliphatic rings. The van der Waals surface area contributed by atoms with Gasteiger partial charge in [-0.15, -0.1) is 0 Å². The second-order valence-corrected chi connectivity index (χ2v) is 5.29. The van der Waals surface area contributed by atoms with Gasteiger partial charge in [0.05, 0.1) is 18.2 Å². The van der Waals surface area contributed by atoms with Crippen LogP contribution in [0.4, 0.5) is 4.39 Å². The highest BCUT2D eigenvalue weighted by atomic mass is 19.1. The zero-order valence-electron chi connectivity index (χ0n) is 12.8. The highest BCUT2D eigenvalue weighted by molar-refractivity contribution is 5.79. The Bertz CT molecular complexity index is 664. The fourth-order valence-corrected chi connectivity index (χ4v) is 2.39. The summed E-state index contributed by atoms with van der Waals surface area (Å²) in [5.41, 5.74) is 3.55. The minimum absolute atomic E-state index is 0.0917. The molecule has 0 aliphatic carbocycles. The van der Waals surface area contributed by atoms with Crippen molar-refractivity contribution in [1.29, 1.82) is 0 Å². The van der Waals surface area contributed by atoms with Crippen LogP contribution in [0.1, 0.15) is 35.5 Å². The van der Waals surface area contributed by atoms with E-state index in [1.807, 2.05) is 27.8 Å². The van der Waals surface area contributed by atoms with Gasteiger partial charge in [-0.2, -0.15) is 5.10 Å². The van der Waals surface area contributed by atoms with Crippen LogP contribution in [0.25, 0.3) is 0 Å². The van der Waals surface area contributed by atoms with Crippen LogP contribution in [0.5, 0.6) is 0 Å². The average Bonchev–Trinajstić information content (AvgIpc) is 2.65. The van der Waals surface area contributed by atoms with E-state index in [1.165, 1.54) is 12.1 Å². The number of benzene rings is 1. The summed E-state index contributed by atoms with van der Waals surface area (Å²) >= 11 is 0. The Labute approximate surface area is 124 Å². The van der Waals surface area contributed by atoms with Crippen LogP contribution in [-0.4, -0.2) is 15.7 Å². The van der Waals surface area contributed by atoms with E-state index in [4.69, 9.17) is 0 Å². The van der Waals surface area contributed by atoms with Crippen molar-refractivity contribution in [3.8, 4) is 0 Å². The predicted octanol–water partition coefficient (Wildman–Crippen LogP) is 2.60. The summed E-state index contributed by atoms with van der Waals surface area (Å²) in [7, 11) is 1.86. The Hall–Kier alpha value is -2.17. The van der Waals surface area contributed by atoms with Crippen LogP contribution < -0.4 is 5.32 Å². The van der Waals surface area contributed by atoms with E-state index in [2.05, 4.69) is 10.4 Å². The Kier molecular flexibility index (Phi) is 4.40. The van der Waals surface area contributed by atoms with Crippen molar-refractivity contribution in [3.05, 3.63) is 52.6 Å². The molecule has 0 aliphatic heterocycles. The molecule has 0 fully saturated rings. The van der Waals surface area contributed by atoms with Crippen molar-refractivity contribution in [2.75, 3.05) is 0 Å². The number of aryl methyl sites for hydroxylation is 2. The third-order valence-corrected chi connectivity index (χ3v) is 3.72. The molecule has 0 bridgehead atoms. The first kappa shape index (κ1) is 15.2. The summed E-state index contributed by atoms with van der Waals surface area (Å²) < 4.78 is 15.0. The van der Waals surface area contributed by atoms with Gasteiger partial charge in [0.2, 0.25) is 5.91 Å². The molecule has 1 heterocycles. The van der Waals surface area contributed by atoms with Gasteiger partial charge in [-0.3, -0.25) is 9.48 Å². The summed E-state index contributed by atoms with van der Waals surface area (Å²) in [5.74, 6) is -0.390. The van der Waals surface area contributed by atoms with Crippen molar-refractivity contribution in [2.24, 2.45) is 7.05 Å². The highest BCUT2D eigenvalue weighted by Crippen LogP contribution is 2.16. The second-order valence-electron chi connectivity index (χ2n) is 5.29. The summed E-state index contributed by atoms with van der Waals surface area (Å²) in [6, 6.07) is 6.04. The first-order valence-electron chi connectivity index (χ1n) is 6.92. The fraction of sp³-hybridized carbons (Fsp3) is 0.375. The molecular weight excluding hydrogens is 269 g/mol. The number of amides is 1. The molecule has 2 rings (SSSR count). The number of hydrogen-bond donors (Lipinski definition) is 1. The van der Waals surface area contributed by atoms with Crippen LogP contribution in [0.2, 0.25) is 0 Å². The number of aromatic nitrogens is 2. The van der Waals surface area contributed by atoms with Gasteiger partial charge in [-0.05, 0) is 38.5 Å². The minimum atomic E-state index is -0.299. The van der Waals surface area contributed by atoms with Crippen molar-refractivity contribution < 1.29 is 9.18 Å². The zero-order valence-corrected chi connectivity index (χ0v) is 12.8. The van der Waals surface area contributed by atoms with Crippen LogP contribution in [0.3, 0.4) is 0 Å². The number of rotatable bonds is 4. The van der Waals surface area contributed by atoms with Gasteiger partial charge in [-0.1, -0.05) is 12.1 Å². The lowest BCUT2D eigenvalue weighted by atomic mass is 10.1. The third kappa shape index (κ3) is 3.48. The third-order valence-electron chi connectivity index (χ3n) is 3.72. The van der Waals surface area contributed by atoms with E-state index in [9.17, 15) is 9.18 Å². The topological polar surface area (TPSA) is 46.9 Å². The molecule has 0 unspecified atom stereocenters. The van der Waals surface area contributed by atoms with E-state index < -0.39 is 0 Å². The maximum atomic E-state index is 13.2. The van der Waals surface area contributed by atoms with Gasteiger partial charge in [0.1, 0.15) is 5.82 Å². The normalized spacial score (nSPS) is 12.2. The molecule has 112 valence electrons. The van der Waals surface area contributed by atoms with Gasteiger partial charge in [0.25, 0.3) is 0 Å². The maximum absolute atomic E-state index is 13.2. The Morgan fingerprint density at radius 2 is 2.14 bits per heavy atom. The quantitative estimate of drug-likeness (QED) is 0.940. The maximum Gasteiger partial charge on any atom is 0.225 e. The number of nitrogens with zero attached hydrogens (tertiary/aromatic N) is 2. The van der Waals surface area contributed by atoms with Crippen LogP contribution in [-0.2, 0) is 18.3 Å². The van der Waals surface area contributed by atoms with Crippen molar-refractivity contribution in [2.45, 2.75) is 33.2 Å². The van der Waals surface area contributed by atoms with Gasteiger partial charge >= 0.3 is 0 Å². The molecule has 1 N–H and O–H groups in total. The average molecular weight is 289 g/mol. The van der Waals surface area contributed by atoms with E-state index in [0.29, 0.717) is 0 Å². The SMILES string of the molecule is Cc1nn(C)c(C)c1CC(=O)N[C@@H](C)c1cccc(F)c1. The lowest BCUT2D eigenvalue weighted by molar-refractivity contribution is -0.121. The van der Waals surface area contributed by atoms with Gasteiger partial charge in [-0.25, -0.2) is 4.39 Å². The molecular formula is C16H20FN3O. The highest BCUT2D eigenvalue weighted by Gasteiger charge is 2.15. The first-order chi connectivity index (χ1) is 9.88. The van der Waals surface area contributed by atoms with Crippen molar-refractivity contribution in [3.63, 3.8) is 0 Å². The summed E-state index contributed by atoms with van der Waals surface area (Å²) in [5, 5.41) is 7.19. The largest absolute Gasteiger partial charge is 0.349 e. The van der Waals surface area contributed by atoms with E-state index >= 15 is 0 Å². The Morgan fingerprint density at radius 3 is 2.71 bits per heavy atom. The zero-order chi connectivity index (χ0) is 15.6. The summed E-state index contributed by atoms with van der Waals surface area (Å²) in [6.07, 6.45) is 0.283. The molecule has 2 aromatic rings. The van der Waals surface area contributed by atoms with Crippen LogP contribution >= 0.6 is 0 Å². The molecule has 0 spiro atoms. The molecule has 1 aromatic heterocycles. The predicted molar refractivity (Wildman–Crippen MR) is 79.3 cm³/mol.